The van der Waals surface area contributed by atoms with E-state index in [0.717, 1.165) is 64.5 Å². The highest BCUT2D eigenvalue weighted by atomic mass is 16.3. The van der Waals surface area contributed by atoms with Gasteiger partial charge >= 0.3 is 0 Å². The second kappa shape index (κ2) is 11.6. The van der Waals surface area contributed by atoms with Crippen molar-refractivity contribution in [2.24, 2.45) is 52.3 Å². The van der Waals surface area contributed by atoms with E-state index in [1.54, 1.807) is 7.05 Å². The van der Waals surface area contributed by atoms with Crippen molar-refractivity contribution < 1.29 is 19.8 Å². The van der Waals surface area contributed by atoms with Crippen LogP contribution in [0.4, 0.5) is 0 Å². The molecule has 5 aliphatic rings. The Morgan fingerprint density at radius 3 is 2.33 bits per heavy atom. The molecule has 0 spiro atoms. The number of carbonyl (C=O) groups excluding carboxylic acids is 2. The Bertz CT molecular complexity index is 887. The summed E-state index contributed by atoms with van der Waals surface area (Å²) in [7, 11) is 1.69. The maximum absolute atomic E-state index is 13.1. The van der Waals surface area contributed by atoms with Gasteiger partial charge in [-0.3, -0.25) is 9.59 Å². The van der Waals surface area contributed by atoms with Crippen LogP contribution in [0.2, 0.25) is 0 Å². The molecule has 6 heteroatoms. The molecule has 39 heavy (non-hydrogen) atoms. The standard InChI is InChI=1S/C33H56N2O4/c1-21(5-10-30(39)35-17-13-22(14-18-35)6-9-29(38)34-4)25-7-8-26-31-27(12-16-33(25,26)3)32(2)15-11-24(36)19-23(32)20-28(31)37/h21-28,31,36-37H,5-20H2,1-4H3,(H,34,38)/t21-,23?,24-,25?,26?,27?,28-,31?,32+,33-/m1/s1. The zero-order chi connectivity index (χ0) is 27.9. The Balaban J connectivity index is 1.14. The van der Waals surface area contributed by atoms with Gasteiger partial charge in [0.1, 0.15) is 0 Å². The van der Waals surface area contributed by atoms with Crippen LogP contribution in [0.3, 0.4) is 0 Å². The predicted molar refractivity (Wildman–Crippen MR) is 154 cm³/mol. The molecular formula is C33H56N2O4. The number of aliphatic hydroxyl groups is 2. The Kier molecular flexibility index (Phi) is 8.75. The molecule has 5 rings (SSSR count). The Labute approximate surface area is 237 Å². The molecule has 222 valence electrons. The van der Waals surface area contributed by atoms with Crippen molar-refractivity contribution in [2.75, 3.05) is 20.1 Å². The normalized spacial score (nSPS) is 43.2. The summed E-state index contributed by atoms with van der Waals surface area (Å²) in [4.78, 5) is 26.8. The molecule has 1 saturated heterocycles. The van der Waals surface area contributed by atoms with Gasteiger partial charge in [0.2, 0.25) is 11.8 Å². The highest BCUT2D eigenvalue weighted by Gasteiger charge is 2.62. The Morgan fingerprint density at radius 1 is 0.923 bits per heavy atom. The average molecular weight is 545 g/mol. The number of nitrogens with zero attached hydrogens (tertiary/aromatic N) is 1. The molecule has 0 radical (unpaired) electrons. The lowest BCUT2D eigenvalue weighted by atomic mass is 9.43. The molecule has 0 aromatic carbocycles. The fourth-order valence-corrected chi connectivity index (χ4v) is 10.8. The summed E-state index contributed by atoms with van der Waals surface area (Å²) in [5.74, 6) is 4.20. The minimum Gasteiger partial charge on any atom is -0.393 e. The quantitative estimate of drug-likeness (QED) is 0.413. The second-order valence-electron chi connectivity index (χ2n) is 15.0. The number of piperidine rings is 1. The SMILES string of the molecule is CNC(=O)CCC1CCN(C(=O)CC[C@@H](C)C2CCC3C4C(CC[C@@]32C)[C@@]2(C)CC[C@@H](O)CC2C[C@H]4O)CC1. The van der Waals surface area contributed by atoms with Crippen LogP contribution in [0.1, 0.15) is 111 Å². The number of amides is 2. The molecule has 1 aliphatic heterocycles. The molecule has 4 aliphatic carbocycles. The highest BCUT2D eigenvalue weighted by molar-refractivity contribution is 5.76. The van der Waals surface area contributed by atoms with Crippen LogP contribution in [0.5, 0.6) is 0 Å². The molecule has 1 heterocycles. The van der Waals surface area contributed by atoms with Crippen molar-refractivity contribution in [3.8, 4) is 0 Å². The summed E-state index contributed by atoms with van der Waals surface area (Å²) in [6.07, 6.45) is 13.5. The van der Waals surface area contributed by atoms with Gasteiger partial charge in [0.25, 0.3) is 0 Å². The van der Waals surface area contributed by atoms with E-state index in [1.807, 2.05) is 0 Å². The first-order chi connectivity index (χ1) is 18.6. The molecule has 5 unspecified atom stereocenters. The number of nitrogens with one attached hydrogen (secondary N) is 1. The van der Waals surface area contributed by atoms with Gasteiger partial charge in [-0.25, -0.2) is 0 Å². The van der Waals surface area contributed by atoms with Crippen LogP contribution in [0, 0.1) is 52.3 Å². The van der Waals surface area contributed by atoms with Crippen LogP contribution in [-0.2, 0) is 9.59 Å². The molecule has 5 fully saturated rings. The van der Waals surface area contributed by atoms with Gasteiger partial charge in [-0.15, -0.1) is 0 Å². The van der Waals surface area contributed by atoms with E-state index in [2.05, 4.69) is 31.0 Å². The molecule has 2 amide bonds. The van der Waals surface area contributed by atoms with Gasteiger partial charge in [-0.05, 0) is 129 Å². The summed E-state index contributed by atoms with van der Waals surface area (Å²) in [6.45, 7) is 9.08. The third-order valence-corrected chi connectivity index (χ3v) is 13.3. The van der Waals surface area contributed by atoms with E-state index < -0.39 is 0 Å². The molecule has 10 atom stereocenters. The number of hydrogen-bond acceptors (Lipinski definition) is 4. The largest absolute Gasteiger partial charge is 0.393 e. The maximum atomic E-state index is 13.1. The van der Waals surface area contributed by atoms with Crippen molar-refractivity contribution in [3.05, 3.63) is 0 Å². The first kappa shape index (κ1) is 29.4. The summed E-state index contributed by atoms with van der Waals surface area (Å²) >= 11 is 0. The predicted octanol–water partition coefficient (Wildman–Crippen LogP) is 5.16. The summed E-state index contributed by atoms with van der Waals surface area (Å²) in [6, 6.07) is 0. The van der Waals surface area contributed by atoms with E-state index in [0.29, 0.717) is 60.2 Å². The lowest BCUT2D eigenvalue weighted by Gasteiger charge is -2.62. The van der Waals surface area contributed by atoms with E-state index >= 15 is 0 Å². The molecular weight excluding hydrogens is 488 g/mol. The number of fused-ring (bicyclic) bond motifs is 5. The van der Waals surface area contributed by atoms with E-state index in [-0.39, 0.29) is 28.9 Å². The van der Waals surface area contributed by atoms with Gasteiger partial charge in [0.05, 0.1) is 12.2 Å². The van der Waals surface area contributed by atoms with E-state index in [4.69, 9.17) is 0 Å². The minimum absolute atomic E-state index is 0.115. The Hall–Kier alpha value is -1.14. The van der Waals surface area contributed by atoms with Crippen LogP contribution in [-0.4, -0.2) is 59.3 Å². The zero-order valence-corrected chi connectivity index (χ0v) is 25.2. The number of aliphatic hydroxyl groups excluding tert-OH is 2. The molecule has 4 saturated carbocycles. The van der Waals surface area contributed by atoms with Crippen molar-refractivity contribution in [1.82, 2.24) is 10.2 Å². The van der Waals surface area contributed by atoms with Gasteiger partial charge in [0, 0.05) is 33.0 Å². The highest BCUT2D eigenvalue weighted by Crippen LogP contribution is 2.68. The molecule has 6 nitrogen and oxygen atoms in total. The molecule has 0 aromatic heterocycles. The maximum Gasteiger partial charge on any atom is 0.222 e. The lowest BCUT2D eigenvalue weighted by molar-refractivity contribution is -0.174. The molecule has 0 bridgehead atoms. The van der Waals surface area contributed by atoms with Gasteiger partial charge < -0.3 is 20.4 Å². The summed E-state index contributed by atoms with van der Waals surface area (Å²) in [5, 5.41) is 24.5. The number of carbonyl (C=O) groups is 2. The molecule has 0 aromatic rings. The van der Waals surface area contributed by atoms with Crippen molar-refractivity contribution in [1.29, 1.82) is 0 Å². The topological polar surface area (TPSA) is 89.9 Å². The van der Waals surface area contributed by atoms with Crippen molar-refractivity contribution in [2.45, 2.75) is 123 Å². The van der Waals surface area contributed by atoms with E-state index in [9.17, 15) is 19.8 Å². The van der Waals surface area contributed by atoms with Gasteiger partial charge in [0.15, 0.2) is 0 Å². The molecule has 3 N–H and O–H groups in total. The second-order valence-corrected chi connectivity index (χ2v) is 15.0. The third kappa shape index (κ3) is 5.55. The Morgan fingerprint density at radius 2 is 1.62 bits per heavy atom. The van der Waals surface area contributed by atoms with Gasteiger partial charge in [-0.1, -0.05) is 20.8 Å². The average Bonchev–Trinajstić information content (AvgIpc) is 3.28. The number of rotatable bonds is 7. The van der Waals surface area contributed by atoms with Crippen LogP contribution < -0.4 is 5.32 Å². The van der Waals surface area contributed by atoms with Crippen molar-refractivity contribution >= 4 is 11.8 Å². The fourth-order valence-electron chi connectivity index (χ4n) is 10.8. The smallest absolute Gasteiger partial charge is 0.222 e. The monoisotopic (exact) mass is 544 g/mol. The van der Waals surface area contributed by atoms with E-state index in [1.165, 1.54) is 25.7 Å². The third-order valence-electron chi connectivity index (χ3n) is 13.3. The fraction of sp³-hybridized carbons (Fsp3) is 0.939. The van der Waals surface area contributed by atoms with Gasteiger partial charge in [-0.2, -0.15) is 0 Å². The summed E-state index contributed by atoms with van der Waals surface area (Å²) < 4.78 is 0. The minimum atomic E-state index is -0.224. The van der Waals surface area contributed by atoms with Crippen LogP contribution in [0.15, 0.2) is 0 Å². The number of hydrogen-bond donors (Lipinski definition) is 3. The van der Waals surface area contributed by atoms with Crippen LogP contribution in [0.25, 0.3) is 0 Å². The first-order valence-electron chi connectivity index (χ1n) is 16.4. The number of likely N-dealkylation sites (tertiary alicyclic amines) is 1. The summed E-state index contributed by atoms with van der Waals surface area (Å²) in [5.41, 5.74) is 0.543. The zero-order valence-electron chi connectivity index (χ0n) is 25.2. The van der Waals surface area contributed by atoms with Crippen molar-refractivity contribution in [3.63, 3.8) is 0 Å². The first-order valence-corrected chi connectivity index (χ1v) is 16.4. The van der Waals surface area contributed by atoms with Crippen LogP contribution >= 0.6 is 0 Å². The lowest BCUT2D eigenvalue weighted by Crippen LogP contribution is -2.58.